The van der Waals surface area contributed by atoms with Crippen LogP contribution >= 0.6 is 7.82 Å². The van der Waals surface area contributed by atoms with Crippen LogP contribution in [0.5, 0.6) is 0 Å². The van der Waals surface area contributed by atoms with Crippen molar-refractivity contribution in [3.8, 4) is 0 Å². The van der Waals surface area contributed by atoms with E-state index in [1.165, 1.54) is 109 Å². The highest BCUT2D eigenvalue weighted by atomic mass is 31.2. The molecule has 51 heavy (non-hydrogen) atoms. The highest BCUT2D eigenvalue weighted by Crippen LogP contribution is 2.43. The standard InChI is InChI=1S/C39H74NO10P/c1-3-5-7-9-10-11-12-13-14-15-16-17-18-19-20-21-22-23-24-25-26-27-29-31-38(42)50-35(32-47-37(41)30-28-8-6-4-2)33-48-51(45,46)49-34-36(40)39(43)44/h15-16,35-36H,3-14,17-34,40H2,1-2H3,(H,43,44)(H,45,46)/b16-15-. The summed E-state index contributed by atoms with van der Waals surface area (Å²) >= 11 is 0. The molecule has 0 aliphatic heterocycles. The van der Waals surface area contributed by atoms with Crippen LogP contribution in [0.3, 0.4) is 0 Å². The summed E-state index contributed by atoms with van der Waals surface area (Å²) in [6, 6.07) is -1.52. The van der Waals surface area contributed by atoms with Crippen molar-refractivity contribution < 1.29 is 47.5 Å². The Hall–Kier alpha value is -1.78. The zero-order valence-electron chi connectivity index (χ0n) is 32.2. The van der Waals surface area contributed by atoms with Gasteiger partial charge in [0, 0.05) is 12.8 Å². The van der Waals surface area contributed by atoms with Gasteiger partial charge in [-0.05, 0) is 38.5 Å². The van der Waals surface area contributed by atoms with E-state index in [1.54, 1.807) is 0 Å². The molecule has 3 unspecified atom stereocenters. The summed E-state index contributed by atoms with van der Waals surface area (Å²) in [5.74, 6) is -2.39. The van der Waals surface area contributed by atoms with Crippen LogP contribution in [0.15, 0.2) is 12.2 Å². The molecular formula is C39H74NO10P. The summed E-state index contributed by atoms with van der Waals surface area (Å²) in [7, 11) is -4.69. The average Bonchev–Trinajstić information content (AvgIpc) is 3.10. The van der Waals surface area contributed by atoms with Crippen LogP contribution in [0.2, 0.25) is 0 Å². The minimum absolute atomic E-state index is 0.163. The van der Waals surface area contributed by atoms with Gasteiger partial charge in [0.1, 0.15) is 12.6 Å². The Bertz CT molecular complexity index is 932. The summed E-state index contributed by atoms with van der Waals surface area (Å²) in [6.45, 7) is 2.66. The molecule has 11 nitrogen and oxygen atoms in total. The van der Waals surface area contributed by atoms with E-state index in [1.807, 2.05) is 0 Å². The van der Waals surface area contributed by atoms with Gasteiger partial charge < -0.3 is 25.2 Å². The molecule has 3 atom stereocenters. The molecule has 0 amide bonds. The van der Waals surface area contributed by atoms with Gasteiger partial charge >= 0.3 is 25.7 Å². The fourth-order valence-corrected chi connectivity index (χ4v) is 6.31. The number of carbonyl (C=O) groups is 3. The maximum Gasteiger partial charge on any atom is 0.472 e. The van der Waals surface area contributed by atoms with Crippen molar-refractivity contribution in [1.82, 2.24) is 0 Å². The predicted molar refractivity (Wildman–Crippen MR) is 203 cm³/mol. The van der Waals surface area contributed by atoms with Gasteiger partial charge in [-0.3, -0.25) is 23.4 Å². The number of phosphoric ester groups is 1. The van der Waals surface area contributed by atoms with Crippen molar-refractivity contribution in [3.05, 3.63) is 12.2 Å². The predicted octanol–water partition coefficient (Wildman–Crippen LogP) is 10.1. The van der Waals surface area contributed by atoms with Gasteiger partial charge in [0.05, 0.1) is 13.2 Å². The quantitative estimate of drug-likeness (QED) is 0.0237. The molecule has 0 aromatic heterocycles. The third-order valence-electron chi connectivity index (χ3n) is 8.76. The molecule has 0 aliphatic carbocycles. The first-order chi connectivity index (χ1) is 24.6. The monoisotopic (exact) mass is 748 g/mol. The largest absolute Gasteiger partial charge is 0.480 e. The Kier molecular flexibility index (Phi) is 34.0. The lowest BCUT2D eigenvalue weighted by molar-refractivity contribution is -0.161. The van der Waals surface area contributed by atoms with Crippen molar-refractivity contribution in [2.75, 3.05) is 19.8 Å². The number of phosphoric acid groups is 1. The fraction of sp³-hybridized carbons (Fsp3) is 0.872. The molecule has 0 bridgehead atoms. The van der Waals surface area contributed by atoms with E-state index in [2.05, 4.69) is 30.5 Å². The summed E-state index contributed by atoms with van der Waals surface area (Å²) in [5.41, 5.74) is 5.30. The van der Waals surface area contributed by atoms with Crippen molar-refractivity contribution in [2.45, 2.75) is 199 Å². The third kappa shape index (κ3) is 35.0. The molecule has 0 radical (unpaired) electrons. The van der Waals surface area contributed by atoms with Crippen LogP contribution in [0.1, 0.15) is 187 Å². The molecule has 0 saturated heterocycles. The van der Waals surface area contributed by atoms with Gasteiger partial charge in [0.25, 0.3) is 0 Å². The lowest BCUT2D eigenvalue weighted by Gasteiger charge is -2.20. The smallest absolute Gasteiger partial charge is 0.472 e. The van der Waals surface area contributed by atoms with E-state index in [9.17, 15) is 23.8 Å². The van der Waals surface area contributed by atoms with Crippen molar-refractivity contribution in [3.63, 3.8) is 0 Å². The lowest BCUT2D eigenvalue weighted by atomic mass is 10.0. The van der Waals surface area contributed by atoms with Crippen LogP contribution in [-0.4, -0.2) is 59.9 Å². The first-order valence-corrected chi connectivity index (χ1v) is 21.7. The molecule has 0 heterocycles. The van der Waals surface area contributed by atoms with Crippen LogP contribution < -0.4 is 5.73 Å². The molecule has 12 heteroatoms. The Labute approximate surface area is 309 Å². The second kappa shape index (κ2) is 35.3. The van der Waals surface area contributed by atoms with E-state index in [-0.39, 0.29) is 19.4 Å². The second-order valence-electron chi connectivity index (χ2n) is 13.8. The Morgan fingerprint density at radius 3 is 1.45 bits per heavy atom. The number of hydrogen-bond acceptors (Lipinski definition) is 9. The minimum atomic E-state index is -4.69. The Morgan fingerprint density at radius 2 is 0.980 bits per heavy atom. The third-order valence-corrected chi connectivity index (χ3v) is 9.71. The van der Waals surface area contributed by atoms with Crippen molar-refractivity contribution in [1.29, 1.82) is 0 Å². The van der Waals surface area contributed by atoms with E-state index < -0.39 is 51.1 Å². The molecule has 0 rings (SSSR count). The minimum Gasteiger partial charge on any atom is -0.480 e. The number of nitrogens with two attached hydrogens (primary N) is 1. The van der Waals surface area contributed by atoms with Gasteiger partial charge in [0.2, 0.25) is 0 Å². The van der Waals surface area contributed by atoms with E-state index in [0.29, 0.717) is 12.8 Å². The zero-order chi connectivity index (χ0) is 37.8. The number of hydrogen-bond donors (Lipinski definition) is 3. The summed E-state index contributed by atoms with van der Waals surface area (Å²) < 4.78 is 32.3. The van der Waals surface area contributed by atoms with Crippen LogP contribution in [0.25, 0.3) is 0 Å². The number of allylic oxidation sites excluding steroid dienone is 2. The van der Waals surface area contributed by atoms with Crippen LogP contribution in [0, 0.1) is 0 Å². The maximum atomic E-state index is 12.5. The number of esters is 2. The van der Waals surface area contributed by atoms with Crippen LogP contribution in [0.4, 0.5) is 0 Å². The van der Waals surface area contributed by atoms with Gasteiger partial charge in [-0.2, -0.15) is 0 Å². The summed E-state index contributed by atoms with van der Waals surface area (Å²) in [6.07, 6.45) is 33.6. The normalized spacial score (nSPS) is 14.0. The molecule has 0 aromatic carbocycles. The highest BCUT2D eigenvalue weighted by Gasteiger charge is 2.28. The van der Waals surface area contributed by atoms with Gasteiger partial charge in [0.15, 0.2) is 6.10 Å². The molecule has 0 spiro atoms. The van der Waals surface area contributed by atoms with E-state index >= 15 is 0 Å². The fourth-order valence-electron chi connectivity index (χ4n) is 5.53. The average molecular weight is 748 g/mol. The Balaban J connectivity index is 4.06. The molecule has 0 fully saturated rings. The van der Waals surface area contributed by atoms with Crippen molar-refractivity contribution >= 4 is 25.7 Å². The SMILES string of the molecule is CCCCCCCCCC/C=C\CCCCCCCCCCCCCC(=O)OC(COC(=O)CCCCCC)COP(=O)(O)OCC(N)C(=O)O. The van der Waals surface area contributed by atoms with Crippen LogP contribution in [-0.2, 0) is 37.5 Å². The molecule has 300 valence electrons. The second-order valence-corrected chi connectivity index (χ2v) is 15.2. The number of aliphatic carboxylic acids is 1. The summed E-state index contributed by atoms with van der Waals surface area (Å²) in [5, 5.41) is 8.82. The summed E-state index contributed by atoms with van der Waals surface area (Å²) in [4.78, 5) is 45.3. The first kappa shape index (κ1) is 49.2. The van der Waals surface area contributed by atoms with E-state index in [0.717, 1.165) is 38.5 Å². The van der Waals surface area contributed by atoms with Crippen molar-refractivity contribution in [2.24, 2.45) is 5.73 Å². The molecule has 4 N–H and O–H groups in total. The van der Waals surface area contributed by atoms with Gasteiger partial charge in [-0.25, -0.2) is 4.57 Å². The Morgan fingerprint density at radius 1 is 0.588 bits per heavy atom. The van der Waals surface area contributed by atoms with Gasteiger partial charge in [-0.1, -0.05) is 148 Å². The molecule has 0 aliphatic rings. The number of unbranched alkanes of at least 4 members (excludes halogenated alkanes) is 22. The number of carbonyl (C=O) groups excluding carboxylic acids is 2. The molecule has 0 saturated carbocycles. The topological polar surface area (TPSA) is 172 Å². The lowest BCUT2D eigenvalue weighted by Crippen LogP contribution is -2.34. The van der Waals surface area contributed by atoms with E-state index in [4.69, 9.17) is 24.8 Å². The highest BCUT2D eigenvalue weighted by molar-refractivity contribution is 7.47. The first-order valence-electron chi connectivity index (χ1n) is 20.2. The molecule has 0 aromatic rings. The number of carboxylic acids is 1. The number of rotatable bonds is 38. The van der Waals surface area contributed by atoms with Gasteiger partial charge in [-0.15, -0.1) is 0 Å². The number of carboxylic acid groups (broad SMARTS) is 1. The zero-order valence-corrected chi connectivity index (χ0v) is 33.1. The maximum absolute atomic E-state index is 12.5. The molecular weight excluding hydrogens is 673 g/mol. The number of ether oxygens (including phenoxy) is 2.